The third kappa shape index (κ3) is 5.60. The maximum absolute atomic E-state index is 12.4. The van der Waals surface area contributed by atoms with Gasteiger partial charge in [-0.05, 0) is 37.6 Å². The quantitative estimate of drug-likeness (QED) is 0.827. The van der Waals surface area contributed by atoms with E-state index in [0.29, 0.717) is 17.7 Å². The van der Waals surface area contributed by atoms with Crippen molar-refractivity contribution in [3.05, 3.63) is 53.3 Å². The van der Waals surface area contributed by atoms with Crippen molar-refractivity contribution in [3.8, 4) is 0 Å². The van der Waals surface area contributed by atoms with Gasteiger partial charge in [0.15, 0.2) is 0 Å². The van der Waals surface area contributed by atoms with Crippen molar-refractivity contribution in [1.82, 2.24) is 15.1 Å². The molecular weight excluding hydrogens is 335 g/mol. The molecule has 0 bridgehead atoms. The molecule has 0 spiro atoms. The highest BCUT2D eigenvalue weighted by Crippen LogP contribution is 2.17. The van der Waals surface area contributed by atoms with Gasteiger partial charge in [0, 0.05) is 18.3 Å². The summed E-state index contributed by atoms with van der Waals surface area (Å²) in [5.74, 6) is -0.311. The Kier molecular flexibility index (Phi) is 6.19. The molecule has 0 saturated carbocycles. The number of benzene rings is 1. The Hall–Kier alpha value is -2.35. The van der Waals surface area contributed by atoms with Crippen LogP contribution in [0, 0.1) is 0 Å². The van der Waals surface area contributed by atoms with Crippen molar-refractivity contribution in [3.63, 3.8) is 0 Å². The number of carbonyl (C=O) groups is 1. The molecule has 0 radical (unpaired) electrons. The first-order chi connectivity index (χ1) is 11.8. The van der Waals surface area contributed by atoms with E-state index in [2.05, 4.69) is 15.2 Å². The zero-order chi connectivity index (χ0) is 18.4. The molecule has 0 aliphatic rings. The molecule has 1 aromatic heterocycles. The van der Waals surface area contributed by atoms with E-state index in [-0.39, 0.29) is 18.6 Å². The molecule has 1 amide bonds. The van der Waals surface area contributed by atoms with E-state index < -0.39 is 12.8 Å². The van der Waals surface area contributed by atoms with Crippen molar-refractivity contribution in [2.45, 2.75) is 39.2 Å². The summed E-state index contributed by atoms with van der Waals surface area (Å²) in [6.45, 7) is 2.96. The third-order valence-electron chi connectivity index (χ3n) is 3.56. The van der Waals surface area contributed by atoms with E-state index >= 15 is 0 Å². The summed E-state index contributed by atoms with van der Waals surface area (Å²) < 4.78 is 42.7. The van der Waals surface area contributed by atoms with E-state index in [9.17, 15) is 18.0 Å². The second kappa shape index (κ2) is 8.15. The van der Waals surface area contributed by atoms with Crippen molar-refractivity contribution in [2.24, 2.45) is 0 Å². The molecule has 5 nitrogen and oxygen atoms in total. The molecule has 0 saturated heterocycles. The molecule has 8 heteroatoms. The number of halogens is 3. The van der Waals surface area contributed by atoms with Gasteiger partial charge in [0.1, 0.15) is 6.61 Å². The van der Waals surface area contributed by atoms with Crippen LogP contribution in [0.5, 0.6) is 0 Å². The van der Waals surface area contributed by atoms with Gasteiger partial charge in [-0.2, -0.15) is 18.3 Å². The first-order valence-electron chi connectivity index (χ1n) is 7.86. The lowest BCUT2D eigenvalue weighted by molar-refractivity contribution is -0.176. The van der Waals surface area contributed by atoms with Crippen LogP contribution in [0.3, 0.4) is 0 Å². The number of nitrogens with one attached hydrogen (secondary N) is 1. The molecule has 1 aromatic carbocycles. The summed E-state index contributed by atoms with van der Waals surface area (Å²) in [6, 6.07) is 7.93. The smallest absolute Gasteiger partial charge is 0.367 e. The van der Waals surface area contributed by atoms with E-state index in [0.717, 1.165) is 5.69 Å². The average molecular weight is 355 g/mol. The maximum atomic E-state index is 12.4. The molecular formula is C17H20F3N3O2. The number of alkyl halides is 3. The van der Waals surface area contributed by atoms with Crippen LogP contribution in [0.25, 0.3) is 0 Å². The molecule has 136 valence electrons. The normalized spacial score (nSPS) is 12.8. The highest BCUT2D eigenvalue weighted by atomic mass is 19.4. The standard InChI is InChI=1S/C17H20F3N3O2/c1-3-23-15(7-8-21-23)12(2)22-16(24)14-6-4-5-13(9-14)10-25-11-17(18,19)20/h4-9,12H,3,10-11H2,1-2H3,(H,22,24). The second-order valence-electron chi connectivity index (χ2n) is 5.58. The van der Waals surface area contributed by atoms with Crippen LogP contribution in [-0.2, 0) is 17.9 Å². The Balaban J connectivity index is 1.98. The van der Waals surface area contributed by atoms with Crippen molar-refractivity contribution in [1.29, 1.82) is 0 Å². The van der Waals surface area contributed by atoms with Crippen LogP contribution >= 0.6 is 0 Å². The van der Waals surface area contributed by atoms with Gasteiger partial charge >= 0.3 is 6.18 Å². The van der Waals surface area contributed by atoms with Crippen molar-refractivity contribution < 1.29 is 22.7 Å². The fraction of sp³-hybridized carbons (Fsp3) is 0.412. The Bertz CT molecular complexity index is 713. The second-order valence-corrected chi connectivity index (χ2v) is 5.58. The minimum absolute atomic E-state index is 0.210. The Morgan fingerprint density at radius 3 is 2.80 bits per heavy atom. The van der Waals surface area contributed by atoms with Gasteiger partial charge in [-0.25, -0.2) is 0 Å². The van der Waals surface area contributed by atoms with E-state index in [1.54, 1.807) is 29.1 Å². The van der Waals surface area contributed by atoms with Gasteiger partial charge in [-0.3, -0.25) is 9.48 Å². The number of rotatable bonds is 7. The summed E-state index contributed by atoms with van der Waals surface area (Å²) in [5, 5.41) is 7.02. The number of carbonyl (C=O) groups excluding carboxylic acids is 1. The van der Waals surface area contributed by atoms with E-state index in [4.69, 9.17) is 0 Å². The molecule has 1 atom stereocenters. The van der Waals surface area contributed by atoms with Crippen LogP contribution in [0.15, 0.2) is 36.5 Å². The van der Waals surface area contributed by atoms with Crippen molar-refractivity contribution >= 4 is 5.91 Å². The summed E-state index contributed by atoms with van der Waals surface area (Å²) in [6.07, 6.45) is -2.70. The molecule has 1 N–H and O–H groups in total. The predicted octanol–water partition coefficient (Wildman–Crippen LogP) is 3.47. The largest absolute Gasteiger partial charge is 0.411 e. The van der Waals surface area contributed by atoms with Gasteiger partial charge in [-0.1, -0.05) is 12.1 Å². The summed E-state index contributed by atoms with van der Waals surface area (Å²) in [5.41, 5.74) is 1.74. The first-order valence-corrected chi connectivity index (χ1v) is 7.86. The fourth-order valence-electron chi connectivity index (χ4n) is 2.42. The summed E-state index contributed by atoms with van der Waals surface area (Å²) >= 11 is 0. The lowest BCUT2D eigenvalue weighted by Crippen LogP contribution is -2.28. The number of amides is 1. The van der Waals surface area contributed by atoms with Crippen molar-refractivity contribution in [2.75, 3.05) is 6.61 Å². The van der Waals surface area contributed by atoms with Crippen LogP contribution in [0.2, 0.25) is 0 Å². The topological polar surface area (TPSA) is 56.2 Å². The zero-order valence-electron chi connectivity index (χ0n) is 14.0. The Morgan fingerprint density at radius 1 is 1.36 bits per heavy atom. The van der Waals surface area contributed by atoms with Crippen LogP contribution in [0.4, 0.5) is 13.2 Å². The third-order valence-corrected chi connectivity index (χ3v) is 3.56. The minimum Gasteiger partial charge on any atom is -0.367 e. The lowest BCUT2D eigenvalue weighted by Gasteiger charge is -2.16. The monoisotopic (exact) mass is 355 g/mol. The van der Waals surface area contributed by atoms with Gasteiger partial charge in [-0.15, -0.1) is 0 Å². The van der Waals surface area contributed by atoms with Gasteiger partial charge in [0.2, 0.25) is 0 Å². The Labute approximate surface area is 143 Å². The first kappa shape index (κ1) is 19.0. The molecule has 1 unspecified atom stereocenters. The van der Waals surface area contributed by atoms with E-state index in [1.165, 1.54) is 6.07 Å². The van der Waals surface area contributed by atoms with Crippen LogP contribution in [-0.4, -0.2) is 28.5 Å². The zero-order valence-corrected chi connectivity index (χ0v) is 14.0. The maximum Gasteiger partial charge on any atom is 0.411 e. The van der Waals surface area contributed by atoms with Gasteiger partial charge in [0.25, 0.3) is 5.91 Å². The molecule has 25 heavy (non-hydrogen) atoms. The summed E-state index contributed by atoms with van der Waals surface area (Å²) in [7, 11) is 0. The van der Waals surface area contributed by atoms with Gasteiger partial charge in [0.05, 0.1) is 18.3 Å². The lowest BCUT2D eigenvalue weighted by atomic mass is 10.1. The number of aryl methyl sites for hydroxylation is 1. The summed E-state index contributed by atoms with van der Waals surface area (Å²) in [4.78, 5) is 12.4. The van der Waals surface area contributed by atoms with Gasteiger partial charge < -0.3 is 10.1 Å². The Morgan fingerprint density at radius 2 is 2.12 bits per heavy atom. The molecule has 0 fully saturated rings. The molecule has 0 aliphatic carbocycles. The molecule has 2 aromatic rings. The van der Waals surface area contributed by atoms with Crippen LogP contribution in [0.1, 0.15) is 41.5 Å². The molecule has 0 aliphatic heterocycles. The molecule has 1 heterocycles. The SMILES string of the molecule is CCn1nccc1C(C)NC(=O)c1cccc(COCC(F)(F)F)c1. The average Bonchev–Trinajstić information content (AvgIpc) is 3.02. The number of aromatic nitrogens is 2. The number of nitrogens with zero attached hydrogens (tertiary/aromatic N) is 2. The molecule has 2 rings (SSSR count). The number of ether oxygens (including phenoxy) is 1. The fourth-order valence-corrected chi connectivity index (χ4v) is 2.42. The predicted molar refractivity (Wildman–Crippen MR) is 85.9 cm³/mol. The number of hydrogen-bond acceptors (Lipinski definition) is 3. The highest BCUT2D eigenvalue weighted by molar-refractivity contribution is 5.94. The van der Waals surface area contributed by atoms with Crippen LogP contribution < -0.4 is 5.32 Å². The van der Waals surface area contributed by atoms with E-state index in [1.807, 2.05) is 19.9 Å². The highest BCUT2D eigenvalue weighted by Gasteiger charge is 2.27. The minimum atomic E-state index is -4.37. The number of hydrogen-bond donors (Lipinski definition) is 1.